The molecule has 140 valence electrons. The summed E-state index contributed by atoms with van der Waals surface area (Å²) in [6, 6.07) is 9.28. The third-order valence-corrected chi connectivity index (χ3v) is 4.89. The minimum absolute atomic E-state index is 0.0581. The van der Waals surface area contributed by atoms with Gasteiger partial charge in [-0.15, -0.1) is 0 Å². The van der Waals surface area contributed by atoms with Gasteiger partial charge in [0, 0.05) is 23.3 Å². The van der Waals surface area contributed by atoms with Crippen molar-refractivity contribution in [3.63, 3.8) is 0 Å². The molecule has 0 bridgehead atoms. The van der Waals surface area contributed by atoms with Crippen LogP contribution in [-0.4, -0.2) is 33.9 Å². The van der Waals surface area contributed by atoms with Crippen LogP contribution in [0.3, 0.4) is 0 Å². The van der Waals surface area contributed by atoms with E-state index in [1.54, 1.807) is 12.3 Å². The molecule has 0 aliphatic carbocycles. The first-order valence-electron chi connectivity index (χ1n) is 8.43. The first kappa shape index (κ1) is 19.1. The van der Waals surface area contributed by atoms with Crippen molar-refractivity contribution in [1.29, 1.82) is 0 Å². The average molecular weight is 403 g/mol. The molecule has 9 heteroatoms. The van der Waals surface area contributed by atoms with Crippen molar-refractivity contribution in [2.24, 2.45) is 5.73 Å². The number of carbonyl (C=O) groups excluding carboxylic acids is 1. The molecule has 2 aromatic heterocycles. The van der Waals surface area contributed by atoms with Gasteiger partial charge in [0.1, 0.15) is 0 Å². The fraction of sp³-hybridized carbons (Fsp3) is 0.222. The lowest BCUT2D eigenvalue weighted by molar-refractivity contribution is -0.116. The maximum atomic E-state index is 11.1. The van der Waals surface area contributed by atoms with Gasteiger partial charge in [0.25, 0.3) is 0 Å². The highest BCUT2D eigenvalue weighted by Gasteiger charge is 2.13. The molecular weight excluding hydrogens is 384 g/mol. The Balaban J connectivity index is 2.00. The normalized spacial score (nSPS) is 10.6. The molecule has 3 aromatic rings. The molecule has 4 N–H and O–H groups in total. The molecule has 0 fully saturated rings. The third kappa shape index (κ3) is 4.93. The largest absolute Gasteiger partial charge is 0.368 e. The summed E-state index contributed by atoms with van der Waals surface area (Å²) in [6.07, 6.45) is 2.78. The van der Waals surface area contributed by atoms with Crippen molar-refractivity contribution in [3.8, 4) is 21.8 Å². The van der Waals surface area contributed by atoms with Gasteiger partial charge in [-0.1, -0.05) is 48.1 Å². The van der Waals surface area contributed by atoms with E-state index in [0.717, 1.165) is 28.5 Å². The van der Waals surface area contributed by atoms with Gasteiger partial charge < -0.3 is 16.4 Å². The van der Waals surface area contributed by atoms with Gasteiger partial charge in [0.05, 0.1) is 22.8 Å². The van der Waals surface area contributed by atoms with E-state index in [4.69, 9.17) is 17.3 Å². The van der Waals surface area contributed by atoms with Crippen LogP contribution in [0.25, 0.3) is 21.8 Å². The van der Waals surface area contributed by atoms with Crippen LogP contribution in [0, 0.1) is 0 Å². The molecule has 0 saturated carbocycles. The quantitative estimate of drug-likeness (QED) is 0.531. The van der Waals surface area contributed by atoms with Crippen LogP contribution in [-0.2, 0) is 4.79 Å². The zero-order valence-corrected chi connectivity index (χ0v) is 16.3. The molecule has 1 amide bonds. The predicted molar refractivity (Wildman–Crippen MR) is 110 cm³/mol. The second kappa shape index (κ2) is 8.79. The number of thiazole rings is 1. The Morgan fingerprint density at radius 3 is 2.74 bits per heavy atom. The predicted octanol–water partition coefficient (Wildman–Crippen LogP) is 3.64. The number of amides is 1. The zero-order chi connectivity index (χ0) is 19.2. The number of primary amides is 1. The Labute approximate surface area is 166 Å². The summed E-state index contributed by atoms with van der Waals surface area (Å²) in [5.41, 5.74) is 7.33. The van der Waals surface area contributed by atoms with Gasteiger partial charge in [-0.2, -0.15) is 0 Å². The van der Waals surface area contributed by atoms with E-state index in [0.29, 0.717) is 22.4 Å². The molecule has 0 unspecified atom stereocenters. The van der Waals surface area contributed by atoms with Gasteiger partial charge in [-0.25, -0.2) is 15.0 Å². The van der Waals surface area contributed by atoms with Crippen molar-refractivity contribution in [2.75, 3.05) is 23.7 Å². The number of carbonyl (C=O) groups is 1. The van der Waals surface area contributed by atoms with Crippen molar-refractivity contribution in [1.82, 2.24) is 15.0 Å². The number of benzene rings is 1. The van der Waals surface area contributed by atoms with E-state index in [1.165, 1.54) is 11.3 Å². The number of nitrogens with one attached hydrogen (secondary N) is 2. The van der Waals surface area contributed by atoms with Crippen molar-refractivity contribution < 1.29 is 4.79 Å². The number of hydrogen-bond donors (Lipinski definition) is 3. The molecule has 0 saturated heterocycles. The van der Waals surface area contributed by atoms with Crippen LogP contribution in [0.15, 0.2) is 36.5 Å². The van der Waals surface area contributed by atoms with Crippen LogP contribution in [0.4, 0.5) is 11.1 Å². The molecule has 0 aliphatic rings. The SMILES string of the molecule is CCCNc1ncc(-c2cc(-c3ccccc3Cl)nc(NCC(N)=O)n2)s1. The van der Waals surface area contributed by atoms with E-state index in [-0.39, 0.29) is 6.54 Å². The van der Waals surface area contributed by atoms with Gasteiger partial charge in [-0.3, -0.25) is 4.79 Å². The Bertz CT molecular complexity index is 945. The number of aromatic nitrogens is 3. The smallest absolute Gasteiger partial charge is 0.236 e. The van der Waals surface area contributed by atoms with Gasteiger partial charge >= 0.3 is 0 Å². The lowest BCUT2D eigenvalue weighted by atomic mass is 10.1. The first-order valence-corrected chi connectivity index (χ1v) is 9.62. The van der Waals surface area contributed by atoms with Crippen molar-refractivity contribution in [2.45, 2.75) is 13.3 Å². The van der Waals surface area contributed by atoms with Crippen LogP contribution in [0.5, 0.6) is 0 Å². The topological polar surface area (TPSA) is 106 Å². The maximum absolute atomic E-state index is 11.1. The highest BCUT2D eigenvalue weighted by molar-refractivity contribution is 7.18. The Hall–Kier alpha value is -2.71. The van der Waals surface area contributed by atoms with Crippen LogP contribution < -0.4 is 16.4 Å². The second-order valence-electron chi connectivity index (χ2n) is 5.72. The Morgan fingerprint density at radius 1 is 1.22 bits per heavy atom. The molecule has 0 radical (unpaired) electrons. The van der Waals surface area contributed by atoms with Crippen molar-refractivity contribution >= 4 is 39.9 Å². The number of rotatable bonds is 8. The monoisotopic (exact) mass is 402 g/mol. The summed E-state index contributed by atoms with van der Waals surface area (Å²) in [4.78, 5) is 25.3. The average Bonchev–Trinajstić information content (AvgIpc) is 3.14. The molecule has 7 nitrogen and oxygen atoms in total. The fourth-order valence-corrected chi connectivity index (χ4v) is 3.37. The van der Waals surface area contributed by atoms with E-state index in [9.17, 15) is 4.79 Å². The van der Waals surface area contributed by atoms with E-state index in [2.05, 4.69) is 32.5 Å². The standard InChI is InChI=1S/C18H19ClN6OS/c1-2-7-21-18-23-9-15(27-18)14-8-13(11-5-3-4-6-12(11)19)24-17(25-14)22-10-16(20)26/h3-6,8-9H,2,7,10H2,1H3,(H2,20,26)(H,21,23)(H,22,24,25). The fourth-order valence-electron chi connectivity index (χ4n) is 2.33. The summed E-state index contributed by atoms with van der Waals surface area (Å²) in [7, 11) is 0. The van der Waals surface area contributed by atoms with E-state index in [1.807, 2.05) is 24.3 Å². The zero-order valence-electron chi connectivity index (χ0n) is 14.7. The summed E-state index contributed by atoms with van der Waals surface area (Å²) in [5.74, 6) is -0.190. The molecule has 0 atom stereocenters. The molecule has 1 aromatic carbocycles. The lowest BCUT2D eigenvalue weighted by Crippen LogP contribution is -2.22. The number of halogens is 1. The number of hydrogen-bond acceptors (Lipinski definition) is 7. The van der Waals surface area contributed by atoms with Gasteiger partial charge in [0.15, 0.2) is 5.13 Å². The van der Waals surface area contributed by atoms with Crippen LogP contribution in [0.2, 0.25) is 5.02 Å². The first-order chi connectivity index (χ1) is 13.1. The van der Waals surface area contributed by atoms with Crippen LogP contribution in [0.1, 0.15) is 13.3 Å². The molecule has 2 heterocycles. The summed E-state index contributed by atoms with van der Waals surface area (Å²) in [6.45, 7) is 2.89. The number of nitrogens with zero attached hydrogens (tertiary/aromatic N) is 3. The molecular formula is C18H19ClN6OS. The minimum Gasteiger partial charge on any atom is -0.368 e. The van der Waals surface area contributed by atoms with E-state index >= 15 is 0 Å². The van der Waals surface area contributed by atoms with E-state index < -0.39 is 5.91 Å². The summed E-state index contributed by atoms with van der Waals surface area (Å²) in [5, 5.41) is 7.53. The molecule has 3 rings (SSSR count). The second-order valence-corrected chi connectivity index (χ2v) is 7.16. The third-order valence-electron chi connectivity index (χ3n) is 3.58. The number of anilines is 2. The van der Waals surface area contributed by atoms with Crippen molar-refractivity contribution in [3.05, 3.63) is 41.6 Å². The maximum Gasteiger partial charge on any atom is 0.236 e. The Morgan fingerprint density at radius 2 is 2.00 bits per heavy atom. The van der Waals surface area contributed by atoms with Gasteiger partial charge in [-0.05, 0) is 18.6 Å². The lowest BCUT2D eigenvalue weighted by Gasteiger charge is -2.09. The molecule has 27 heavy (non-hydrogen) atoms. The highest BCUT2D eigenvalue weighted by atomic mass is 35.5. The summed E-state index contributed by atoms with van der Waals surface area (Å²) >= 11 is 7.83. The highest BCUT2D eigenvalue weighted by Crippen LogP contribution is 2.33. The number of nitrogens with two attached hydrogens (primary N) is 1. The Kier molecular flexibility index (Phi) is 6.20. The van der Waals surface area contributed by atoms with Crippen LogP contribution >= 0.6 is 22.9 Å². The van der Waals surface area contributed by atoms with Gasteiger partial charge in [0.2, 0.25) is 11.9 Å². The summed E-state index contributed by atoms with van der Waals surface area (Å²) < 4.78 is 0. The minimum atomic E-state index is -0.493. The molecule has 0 aliphatic heterocycles. The molecule has 0 spiro atoms.